The highest BCUT2D eigenvalue weighted by molar-refractivity contribution is 7.92. The predicted octanol–water partition coefficient (Wildman–Crippen LogP) is 2.54. The number of hydrogen-bond donors (Lipinski definition) is 2. The second kappa shape index (κ2) is 5.16. The van der Waals surface area contributed by atoms with E-state index in [0.717, 1.165) is 23.8 Å². The third-order valence-electron chi connectivity index (χ3n) is 3.68. The summed E-state index contributed by atoms with van der Waals surface area (Å²) in [5, 5.41) is 0. The highest BCUT2D eigenvalue weighted by Crippen LogP contribution is 2.39. The van der Waals surface area contributed by atoms with E-state index < -0.39 is 10.0 Å². The zero-order chi connectivity index (χ0) is 15.0. The van der Waals surface area contributed by atoms with Crippen molar-refractivity contribution in [3.05, 3.63) is 54.1 Å². The first-order valence-corrected chi connectivity index (χ1v) is 8.75. The van der Waals surface area contributed by atoms with Crippen LogP contribution in [0.3, 0.4) is 0 Å². The van der Waals surface area contributed by atoms with Gasteiger partial charge in [-0.25, -0.2) is 8.42 Å². The maximum absolute atomic E-state index is 11.3. The Morgan fingerprint density at radius 1 is 1.10 bits per heavy atom. The molecule has 4 nitrogen and oxygen atoms in total. The molecular weight excluding hydrogens is 284 g/mol. The van der Waals surface area contributed by atoms with Crippen LogP contribution in [0.15, 0.2) is 48.5 Å². The van der Waals surface area contributed by atoms with E-state index in [1.807, 2.05) is 18.2 Å². The Kier molecular flexibility index (Phi) is 3.47. The lowest BCUT2D eigenvalue weighted by atomic mass is 10.0. The number of hydrogen-bond acceptors (Lipinski definition) is 3. The van der Waals surface area contributed by atoms with Crippen molar-refractivity contribution in [2.75, 3.05) is 11.0 Å². The lowest BCUT2D eigenvalue weighted by molar-refractivity contribution is 0.607. The van der Waals surface area contributed by atoms with Crippen molar-refractivity contribution in [3.8, 4) is 11.1 Å². The van der Waals surface area contributed by atoms with E-state index in [1.165, 1.54) is 5.56 Å². The van der Waals surface area contributed by atoms with Gasteiger partial charge in [0.15, 0.2) is 0 Å². The molecule has 0 heterocycles. The van der Waals surface area contributed by atoms with E-state index in [4.69, 9.17) is 5.73 Å². The van der Waals surface area contributed by atoms with Crippen molar-refractivity contribution in [1.29, 1.82) is 0 Å². The second-order valence-electron chi connectivity index (χ2n) is 5.58. The Bertz CT molecular complexity index is 754. The van der Waals surface area contributed by atoms with Gasteiger partial charge in [-0.15, -0.1) is 0 Å². The Balaban J connectivity index is 1.84. The molecule has 2 atom stereocenters. The molecule has 0 aliphatic heterocycles. The molecule has 1 aliphatic carbocycles. The third-order valence-corrected chi connectivity index (χ3v) is 4.28. The van der Waals surface area contributed by atoms with Crippen LogP contribution < -0.4 is 10.5 Å². The van der Waals surface area contributed by atoms with Gasteiger partial charge in [0.05, 0.1) is 6.26 Å². The first-order chi connectivity index (χ1) is 9.92. The van der Waals surface area contributed by atoms with Gasteiger partial charge in [-0.2, -0.15) is 0 Å². The highest BCUT2D eigenvalue weighted by atomic mass is 32.2. The lowest BCUT2D eigenvalue weighted by Gasteiger charge is -2.08. The summed E-state index contributed by atoms with van der Waals surface area (Å²) in [5.41, 5.74) is 9.75. The number of anilines is 1. The summed E-state index contributed by atoms with van der Waals surface area (Å²) in [6.45, 7) is 0. The Morgan fingerprint density at radius 3 is 2.33 bits per heavy atom. The minimum atomic E-state index is -3.26. The molecule has 2 aromatic rings. The zero-order valence-corrected chi connectivity index (χ0v) is 12.6. The van der Waals surface area contributed by atoms with Crippen LogP contribution in [0, 0.1) is 0 Å². The fourth-order valence-electron chi connectivity index (χ4n) is 2.50. The molecule has 0 spiro atoms. The minimum absolute atomic E-state index is 0.304. The van der Waals surface area contributed by atoms with Crippen molar-refractivity contribution >= 4 is 15.7 Å². The fourth-order valence-corrected chi connectivity index (χ4v) is 3.05. The van der Waals surface area contributed by atoms with E-state index in [1.54, 1.807) is 6.07 Å². The first-order valence-electron chi connectivity index (χ1n) is 6.86. The average Bonchev–Trinajstić information content (AvgIpc) is 3.14. The van der Waals surface area contributed by atoms with Crippen LogP contribution in [-0.2, 0) is 10.0 Å². The molecule has 1 fully saturated rings. The fraction of sp³-hybridized carbons (Fsp3) is 0.250. The molecule has 5 heteroatoms. The van der Waals surface area contributed by atoms with Gasteiger partial charge >= 0.3 is 0 Å². The van der Waals surface area contributed by atoms with Crippen LogP contribution in [0.1, 0.15) is 17.9 Å². The van der Waals surface area contributed by atoms with Crippen molar-refractivity contribution in [3.63, 3.8) is 0 Å². The minimum Gasteiger partial charge on any atom is -0.327 e. The summed E-state index contributed by atoms with van der Waals surface area (Å²) in [6, 6.07) is 16.0. The first kappa shape index (κ1) is 14.1. The van der Waals surface area contributed by atoms with Crippen LogP contribution in [0.2, 0.25) is 0 Å². The van der Waals surface area contributed by atoms with E-state index in [-0.39, 0.29) is 0 Å². The number of nitrogens with two attached hydrogens (primary N) is 1. The van der Waals surface area contributed by atoms with Gasteiger partial charge in [0, 0.05) is 17.6 Å². The molecule has 1 saturated carbocycles. The third kappa shape index (κ3) is 3.43. The summed E-state index contributed by atoms with van der Waals surface area (Å²) >= 11 is 0. The molecule has 3 rings (SSSR count). The largest absolute Gasteiger partial charge is 0.327 e. The number of sulfonamides is 1. The van der Waals surface area contributed by atoms with Crippen molar-refractivity contribution in [2.24, 2.45) is 5.73 Å². The quantitative estimate of drug-likeness (QED) is 0.911. The SMILES string of the molecule is CS(=O)(=O)Nc1cccc(-c2ccc([C@H]3C[C@@H]3N)cc2)c1. The van der Waals surface area contributed by atoms with E-state index >= 15 is 0 Å². The molecule has 0 aromatic heterocycles. The van der Waals surface area contributed by atoms with Gasteiger partial charge in [-0.1, -0.05) is 36.4 Å². The van der Waals surface area contributed by atoms with Gasteiger partial charge in [0.25, 0.3) is 0 Å². The lowest BCUT2D eigenvalue weighted by Crippen LogP contribution is -2.09. The Morgan fingerprint density at radius 2 is 1.76 bits per heavy atom. The molecule has 0 amide bonds. The smallest absolute Gasteiger partial charge is 0.229 e. The number of nitrogens with one attached hydrogen (secondary N) is 1. The number of rotatable bonds is 4. The van der Waals surface area contributed by atoms with Crippen LogP contribution in [0.4, 0.5) is 5.69 Å². The summed E-state index contributed by atoms with van der Waals surface area (Å²) in [6.07, 6.45) is 2.21. The van der Waals surface area contributed by atoms with Crippen LogP contribution in [-0.4, -0.2) is 20.7 Å². The summed E-state index contributed by atoms with van der Waals surface area (Å²) < 4.78 is 25.1. The molecular formula is C16H18N2O2S. The molecule has 0 radical (unpaired) electrons. The molecule has 110 valence electrons. The van der Waals surface area contributed by atoms with E-state index in [9.17, 15) is 8.42 Å². The highest BCUT2D eigenvalue weighted by Gasteiger charge is 2.34. The molecule has 3 N–H and O–H groups in total. The topological polar surface area (TPSA) is 72.2 Å². The van der Waals surface area contributed by atoms with Gasteiger partial charge in [0.2, 0.25) is 10.0 Å². The van der Waals surface area contributed by atoms with E-state index in [0.29, 0.717) is 17.6 Å². The molecule has 21 heavy (non-hydrogen) atoms. The Labute approximate surface area is 125 Å². The maximum atomic E-state index is 11.3. The molecule has 0 unspecified atom stereocenters. The standard InChI is InChI=1S/C16H18N2O2S/c1-21(19,20)18-14-4-2-3-13(9-14)11-5-7-12(8-6-11)15-10-16(15)17/h2-9,15-16,18H,10,17H2,1H3/t15-,16+/m1/s1. The predicted molar refractivity (Wildman–Crippen MR) is 85.7 cm³/mol. The molecule has 2 aromatic carbocycles. The van der Waals surface area contributed by atoms with E-state index in [2.05, 4.69) is 29.0 Å². The summed E-state index contributed by atoms with van der Waals surface area (Å²) in [7, 11) is -3.26. The monoisotopic (exact) mass is 302 g/mol. The van der Waals surface area contributed by atoms with Crippen LogP contribution >= 0.6 is 0 Å². The summed E-state index contributed by atoms with van der Waals surface area (Å²) in [4.78, 5) is 0. The molecule has 0 bridgehead atoms. The van der Waals surface area contributed by atoms with Crippen molar-refractivity contribution in [1.82, 2.24) is 0 Å². The molecule has 0 saturated heterocycles. The average molecular weight is 302 g/mol. The normalized spacial score (nSPS) is 21.0. The second-order valence-corrected chi connectivity index (χ2v) is 7.33. The summed E-state index contributed by atoms with van der Waals surface area (Å²) in [5.74, 6) is 0.497. The maximum Gasteiger partial charge on any atom is 0.229 e. The molecule has 1 aliphatic rings. The van der Waals surface area contributed by atoms with Crippen molar-refractivity contribution in [2.45, 2.75) is 18.4 Å². The van der Waals surface area contributed by atoms with Crippen LogP contribution in [0.25, 0.3) is 11.1 Å². The zero-order valence-electron chi connectivity index (χ0n) is 11.8. The Hall–Kier alpha value is -1.85. The van der Waals surface area contributed by atoms with Gasteiger partial charge in [-0.3, -0.25) is 4.72 Å². The number of benzene rings is 2. The van der Waals surface area contributed by atoms with Gasteiger partial charge in [-0.05, 0) is 35.2 Å². The van der Waals surface area contributed by atoms with Crippen molar-refractivity contribution < 1.29 is 8.42 Å². The van der Waals surface area contributed by atoms with Crippen LogP contribution in [0.5, 0.6) is 0 Å². The van der Waals surface area contributed by atoms with Gasteiger partial charge < -0.3 is 5.73 Å². The van der Waals surface area contributed by atoms with Gasteiger partial charge in [0.1, 0.15) is 0 Å².